The fraction of sp³-hybridized carbons (Fsp3) is 0.533. The van der Waals surface area contributed by atoms with Crippen LogP contribution in [0.1, 0.15) is 46.8 Å². The van der Waals surface area contributed by atoms with E-state index in [9.17, 15) is 0 Å². The summed E-state index contributed by atoms with van der Waals surface area (Å²) in [5.74, 6) is 6.64. The molecule has 1 unspecified atom stereocenters. The van der Waals surface area contributed by atoms with Crippen LogP contribution < -0.4 is 16.0 Å². The molecular formula is C15H22N4OS. The predicted molar refractivity (Wildman–Crippen MR) is 84.6 cm³/mol. The van der Waals surface area contributed by atoms with E-state index in [1.807, 2.05) is 16.0 Å². The predicted octanol–water partition coefficient (Wildman–Crippen LogP) is 2.40. The first-order chi connectivity index (χ1) is 10.3. The summed E-state index contributed by atoms with van der Waals surface area (Å²) >= 11 is 1.87. The molecule has 5 nitrogen and oxygen atoms in total. The van der Waals surface area contributed by atoms with Crippen molar-refractivity contribution in [3.05, 3.63) is 33.3 Å². The number of ether oxygens (including phenoxy) is 1. The molecule has 0 fully saturated rings. The number of hydrogen-bond donors (Lipinski definition) is 2. The van der Waals surface area contributed by atoms with Gasteiger partial charge >= 0.3 is 0 Å². The number of nitrogens with zero attached hydrogens (tertiary/aromatic N) is 2. The molecule has 1 aliphatic rings. The van der Waals surface area contributed by atoms with E-state index in [0.29, 0.717) is 0 Å². The number of hydrazine groups is 1. The van der Waals surface area contributed by atoms with Crippen LogP contribution in [0.5, 0.6) is 5.75 Å². The molecule has 0 spiro atoms. The molecule has 0 aromatic carbocycles. The number of nitrogens with two attached hydrogens (primary N) is 1. The second kappa shape index (κ2) is 6.17. The van der Waals surface area contributed by atoms with Gasteiger partial charge in [-0.1, -0.05) is 0 Å². The third kappa shape index (κ3) is 2.59. The summed E-state index contributed by atoms with van der Waals surface area (Å²) in [5, 5.41) is 4.38. The van der Waals surface area contributed by atoms with Crippen LogP contribution >= 0.6 is 11.3 Å². The Morgan fingerprint density at radius 1 is 1.48 bits per heavy atom. The highest BCUT2D eigenvalue weighted by atomic mass is 32.1. The Morgan fingerprint density at radius 3 is 2.95 bits per heavy atom. The number of methoxy groups -OCH3 is 1. The minimum Gasteiger partial charge on any atom is -0.493 e. The van der Waals surface area contributed by atoms with Crippen LogP contribution in [0.4, 0.5) is 0 Å². The smallest absolute Gasteiger partial charge is 0.162 e. The lowest BCUT2D eigenvalue weighted by molar-refractivity contribution is 0.400. The molecule has 0 amide bonds. The van der Waals surface area contributed by atoms with Crippen molar-refractivity contribution in [1.82, 2.24) is 15.2 Å². The Hall–Kier alpha value is -1.37. The first-order valence-corrected chi connectivity index (χ1v) is 8.27. The number of aromatic nitrogens is 2. The molecule has 2 heterocycles. The zero-order chi connectivity index (χ0) is 14.8. The van der Waals surface area contributed by atoms with Crippen molar-refractivity contribution < 1.29 is 4.74 Å². The van der Waals surface area contributed by atoms with Crippen molar-refractivity contribution in [2.75, 3.05) is 7.11 Å². The quantitative estimate of drug-likeness (QED) is 0.657. The molecule has 0 saturated heterocycles. The Bertz CT molecular complexity index is 574. The average molecular weight is 306 g/mol. The van der Waals surface area contributed by atoms with E-state index < -0.39 is 0 Å². The van der Waals surface area contributed by atoms with Crippen LogP contribution in [0.15, 0.2) is 12.3 Å². The maximum Gasteiger partial charge on any atom is 0.162 e. The number of nitrogens with one attached hydrogen (secondary N) is 1. The van der Waals surface area contributed by atoms with Gasteiger partial charge in [0.15, 0.2) is 5.75 Å². The van der Waals surface area contributed by atoms with Crippen LogP contribution in [0.3, 0.4) is 0 Å². The lowest BCUT2D eigenvalue weighted by Gasteiger charge is -2.17. The number of thiophene rings is 1. The topological polar surface area (TPSA) is 65.1 Å². The maximum atomic E-state index is 5.86. The molecule has 2 aromatic heterocycles. The Balaban J connectivity index is 2.02. The van der Waals surface area contributed by atoms with Gasteiger partial charge in [-0.3, -0.25) is 10.5 Å². The molecule has 1 aliphatic carbocycles. The lowest BCUT2D eigenvalue weighted by atomic mass is 9.98. The van der Waals surface area contributed by atoms with E-state index in [4.69, 9.17) is 10.6 Å². The number of aryl methyl sites for hydroxylation is 3. The number of fused-ring (bicyclic) bond motifs is 1. The largest absolute Gasteiger partial charge is 0.493 e. The van der Waals surface area contributed by atoms with Gasteiger partial charge in [-0.2, -0.15) is 5.10 Å². The molecule has 2 aromatic rings. The Morgan fingerprint density at radius 2 is 2.29 bits per heavy atom. The molecule has 0 saturated carbocycles. The fourth-order valence-electron chi connectivity index (χ4n) is 3.03. The Kier molecular flexibility index (Phi) is 4.28. The van der Waals surface area contributed by atoms with Crippen molar-refractivity contribution in [2.45, 2.75) is 45.2 Å². The molecule has 0 bridgehead atoms. The van der Waals surface area contributed by atoms with Gasteiger partial charge in [0.05, 0.1) is 13.3 Å². The van der Waals surface area contributed by atoms with Gasteiger partial charge in [-0.05, 0) is 44.2 Å². The van der Waals surface area contributed by atoms with Crippen LogP contribution in [-0.2, 0) is 19.4 Å². The van der Waals surface area contributed by atoms with Gasteiger partial charge in [-0.25, -0.2) is 5.43 Å². The van der Waals surface area contributed by atoms with E-state index in [2.05, 4.69) is 23.5 Å². The summed E-state index contributed by atoms with van der Waals surface area (Å²) in [6.45, 7) is 2.87. The fourth-order valence-corrected chi connectivity index (χ4v) is 4.35. The van der Waals surface area contributed by atoms with Gasteiger partial charge in [0.2, 0.25) is 0 Å². The third-order valence-electron chi connectivity index (χ3n) is 4.10. The van der Waals surface area contributed by atoms with Crippen LogP contribution in [0, 0.1) is 0 Å². The summed E-state index contributed by atoms with van der Waals surface area (Å²) in [7, 11) is 1.67. The summed E-state index contributed by atoms with van der Waals surface area (Å²) < 4.78 is 7.41. The zero-order valence-corrected chi connectivity index (χ0v) is 13.4. The van der Waals surface area contributed by atoms with E-state index in [1.54, 1.807) is 13.3 Å². The standard InChI is InChI=1S/C15H22N4OS/c1-3-19-15(11(20-2)9-17-19)14(18-16)13-8-10-6-4-5-7-12(10)21-13/h8-9,14,18H,3-7,16H2,1-2H3. The van der Waals surface area contributed by atoms with Crippen molar-refractivity contribution >= 4 is 11.3 Å². The average Bonchev–Trinajstić information content (AvgIpc) is 3.11. The summed E-state index contributed by atoms with van der Waals surface area (Å²) in [4.78, 5) is 2.76. The van der Waals surface area contributed by atoms with Gasteiger partial charge in [-0.15, -0.1) is 11.3 Å². The monoisotopic (exact) mass is 306 g/mol. The zero-order valence-electron chi connectivity index (χ0n) is 12.6. The van der Waals surface area contributed by atoms with Gasteiger partial charge in [0, 0.05) is 16.3 Å². The molecule has 3 rings (SSSR count). The van der Waals surface area contributed by atoms with E-state index in [1.165, 1.54) is 41.0 Å². The maximum absolute atomic E-state index is 5.86. The van der Waals surface area contributed by atoms with E-state index in [0.717, 1.165) is 18.0 Å². The van der Waals surface area contributed by atoms with Gasteiger partial charge in [0.25, 0.3) is 0 Å². The summed E-state index contributed by atoms with van der Waals surface area (Å²) in [6.07, 6.45) is 6.73. The number of rotatable bonds is 5. The Labute approximate surface area is 129 Å². The SMILES string of the molecule is CCn1ncc(OC)c1C(NN)c1cc2c(s1)CCCC2. The molecule has 3 N–H and O–H groups in total. The molecule has 0 radical (unpaired) electrons. The molecule has 0 aliphatic heterocycles. The van der Waals surface area contributed by atoms with Gasteiger partial charge < -0.3 is 4.74 Å². The molecule has 1 atom stereocenters. The minimum absolute atomic E-state index is 0.0713. The highest BCUT2D eigenvalue weighted by Gasteiger charge is 2.25. The molecule has 21 heavy (non-hydrogen) atoms. The van der Waals surface area contributed by atoms with Crippen LogP contribution in [0.2, 0.25) is 0 Å². The van der Waals surface area contributed by atoms with Crippen LogP contribution in [0.25, 0.3) is 0 Å². The second-order valence-electron chi connectivity index (χ2n) is 5.32. The summed E-state index contributed by atoms with van der Waals surface area (Å²) in [6, 6.07) is 2.23. The molecule has 6 heteroatoms. The van der Waals surface area contributed by atoms with Crippen molar-refractivity contribution in [1.29, 1.82) is 0 Å². The van der Waals surface area contributed by atoms with E-state index in [-0.39, 0.29) is 6.04 Å². The van der Waals surface area contributed by atoms with Crippen molar-refractivity contribution in [3.8, 4) is 5.75 Å². The highest BCUT2D eigenvalue weighted by molar-refractivity contribution is 7.12. The minimum atomic E-state index is -0.0713. The summed E-state index contributed by atoms with van der Waals surface area (Å²) in [5.41, 5.74) is 5.44. The first-order valence-electron chi connectivity index (χ1n) is 7.45. The first kappa shape index (κ1) is 14.6. The highest BCUT2D eigenvalue weighted by Crippen LogP contribution is 2.37. The van der Waals surface area contributed by atoms with E-state index >= 15 is 0 Å². The van der Waals surface area contributed by atoms with Crippen LogP contribution in [-0.4, -0.2) is 16.9 Å². The molecular weight excluding hydrogens is 284 g/mol. The van der Waals surface area contributed by atoms with Crippen molar-refractivity contribution in [2.24, 2.45) is 5.84 Å². The lowest BCUT2D eigenvalue weighted by Crippen LogP contribution is -2.30. The van der Waals surface area contributed by atoms with Gasteiger partial charge in [0.1, 0.15) is 11.7 Å². The molecule has 114 valence electrons. The second-order valence-corrected chi connectivity index (χ2v) is 6.49. The van der Waals surface area contributed by atoms with Crippen molar-refractivity contribution in [3.63, 3.8) is 0 Å². The normalized spacial score (nSPS) is 15.8. The third-order valence-corrected chi connectivity index (χ3v) is 5.41. The number of hydrogen-bond acceptors (Lipinski definition) is 5.